The summed E-state index contributed by atoms with van der Waals surface area (Å²) in [5.74, 6) is 0. The Bertz CT molecular complexity index is 509. The first-order chi connectivity index (χ1) is 8.52. The zero-order valence-corrected chi connectivity index (χ0v) is 15.5. The van der Waals surface area contributed by atoms with E-state index in [0.717, 1.165) is 29.0 Å². The van der Waals surface area contributed by atoms with E-state index in [2.05, 4.69) is 100 Å². The first-order valence-electron chi connectivity index (χ1n) is 5.13. The van der Waals surface area contributed by atoms with Gasteiger partial charge < -0.3 is 0 Å². The maximum absolute atomic E-state index is 3.48. The van der Waals surface area contributed by atoms with Crippen molar-refractivity contribution < 1.29 is 0 Å². The van der Waals surface area contributed by atoms with Gasteiger partial charge in [0.05, 0.1) is 0 Å². The Morgan fingerprint density at radius 2 is 0.778 bits per heavy atom. The average Bonchev–Trinajstić information content (AvgIpc) is 2.23. The Labute approximate surface area is 140 Å². The van der Waals surface area contributed by atoms with Gasteiger partial charge in [0.2, 0.25) is 0 Å². The summed E-state index contributed by atoms with van der Waals surface area (Å²) in [7, 11) is 0. The Morgan fingerprint density at radius 1 is 0.500 bits per heavy atom. The molecule has 92 valence electrons. The summed E-state index contributed by atoms with van der Waals surface area (Å²) < 4.78 is 4.25. The van der Waals surface area contributed by atoms with Crippen molar-refractivity contribution in [1.82, 2.24) is 0 Å². The lowest BCUT2D eigenvalue weighted by Crippen LogP contribution is -1.76. The fourth-order valence-electron chi connectivity index (χ4n) is 1.54. The minimum absolute atomic E-state index is 1.06. The summed E-state index contributed by atoms with van der Waals surface area (Å²) in [5.41, 5.74) is 2.29. The van der Waals surface area contributed by atoms with Crippen molar-refractivity contribution in [2.75, 3.05) is 0 Å². The van der Waals surface area contributed by atoms with E-state index in [9.17, 15) is 0 Å². The van der Waals surface area contributed by atoms with Crippen molar-refractivity contribution in [3.05, 3.63) is 65.4 Å². The number of halogens is 4. The maximum atomic E-state index is 3.48. The highest BCUT2D eigenvalue weighted by Crippen LogP contribution is 2.24. The average molecular weight is 496 g/mol. The Hall–Kier alpha value is 0.1000. The summed E-state index contributed by atoms with van der Waals surface area (Å²) in [6.45, 7) is 0. The second-order valence-corrected chi connectivity index (χ2v) is 7.40. The molecular formula is C14H8Br4. The van der Waals surface area contributed by atoms with Gasteiger partial charge in [0, 0.05) is 17.9 Å². The normalized spacial score (nSPS) is 11.1. The summed E-state index contributed by atoms with van der Waals surface area (Å²) >= 11 is 13.9. The molecule has 0 aliphatic carbocycles. The van der Waals surface area contributed by atoms with E-state index in [1.807, 2.05) is 12.1 Å². The van der Waals surface area contributed by atoms with Crippen LogP contribution in [0.15, 0.2) is 54.3 Å². The molecule has 2 aromatic rings. The van der Waals surface area contributed by atoms with Crippen LogP contribution in [0.2, 0.25) is 0 Å². The molecule has 2 rings (SSSR count). The second-order valence-electron chi connectivity index (χ2n) is 3.74. The largest absolute Gasteiger partial charge is 0.0543 e. The van der Waals surface area contributed by atoms with Crippen molar-refractivity contribution in [2.45, 2.75) is 0 Å². The monoisotopic (exact) mass is 492 g/mol. The third-order valence-electron chi connectivity index (χ3n) is 2.24. The van der Waals surface area contributed by atoms with E-state index < -0.39 is 0 Å². The fraction of sp³-hybridized carbons (Fsp3) is 0. The van der Waals surface area contributed by atoms with Gasteiger partial charge in [0.1, 0.15) is 0 Å². The van der Waals surface area contributed by atoms with Gasteiger partial charge in [-0.1, -0.05) is 75.9 Å². The number of rotatable bonds is 2. The van der Waals surface area contributed by atoms with Crippen LogP contribution in [0.25, 0.3) is 12.2 Å². The SMILES string of the molecule is Brc1cc(Br)cc(/C=C\c2cc(Br)cc(Br)c2)c1. The Kier molecular flexibility index (Phi) is 5.24. The maximum Gasteiger partial charge on any atom is 0.0192 e. The molecule has 0 unspecified atom stereocenters. The molecule has 0 fully saturated rings. The Balaban J connectivity index is 2.29. The molecule has 0 saturated carbocycles. The molecule has 0 radical (unpaired) electrons. The lowest BCUT2D eigenvalue weighted by atomic mass is 10.1. The fourth-order valence-corrected chi connectivity index (χ4v) is 4.19. The smallest absolute Gasteiger partial charge is 0.0192 e. The van der Waals surface area contributed by atoms with Crippen LogP contribution >= 0.6 is 63.7 Å². The highest BCUT2D eigenvalue weighted by atomic mass is 79.9. The van der Waals surface area contributed by atoms with E-state index in [1.165, 1.54) is 0 Å². The summed E-state index contributed by atoms with van der Waals surface area (Å²) in [5, 5.41) is 0. The zero-order chi connectivity index (χ0) is 13.1. The number of benzene rings is 2. The second kappa shape index (κ2) is 6.51. The number of hydrogen-bond acceptors (Lipinski definition) is 0. The predicted molar refractivity (Wildman–Crippen MR) is 92.6 cm³/mol. The van der Waals surface area contributed by atoms with Crippen LogP contribution in [0.3, 0.4) is 0 Å². The summed E-state index contributed by atoms with van der Waals surface area (Å²) in [4.78, 5) is 0. The Morgan fingerprint density at radius 3 is 1.06 bits per heavy atom. The molecule has 0 saturated heterocycles. The van der Waals surface area contributed by atoms with Crippen molar-refractivity contribution in [1.29, 1.82) is 0 Å². The molecule has 0 nitrogen and oxygen atoms in total. The third-order valence-corrected chi connectivity index (χ3v) is 4.07. The van der Waals surface area contributed by atoms with Crippen LogP contribution in [0.5, 0.6) is 0 Å². The molecule has 0 heterocycles. The molecule has 0 aliphatic heterocycles. The van der Waals surface area contributed by atoms with Gasteiger partial charge in [-0.25, -0.2) is 0 Å². The molecule has 0 spiro atoms. The molecule has 0 aromatic heterocycles. The molecular weight excluding hydrogens is 488 g/mol. The van der Waals surface area contributed by atoms with Gasteiger partial charge in [-0.15, -0.1) is 0 Å². The van der Waals surface area contributed by atoms with Crippen molar-refractivity contribution >= 4 is 75.9 Å². The lowest BCUT2D eigenvalue weighted by Gasteiger charge is -2.00. The van der Waals surface area contributed by atoms with E-state index in [-0.39, 0.29) is 0 Å². The van der Waals surface area contributed by atoms with Crippen LogP contribution in [0, 0.1) is 0 Å². The minimum Gasteiger partial charge on any atom is -0.0543 e. The van der Waals surface area contributed by atoms with Gasteiger partial charge in [-0.3, -0.25) is 0 Å². The van der Waals surface area contributed by atoms with Crippen LogP contribution in [0.1, 0.15) is 11.1 Å². The van der Waals surface area contributed by atoms with Gasteiger partial charge in [-0.05, 0) is 47.5 Å². The highest BCUT2D eigenvalue weighted by molar-refractivity contribution is 9.11. The standard InChI is InChI=1S/C14H8Br4/c15-11-3-9(4-12(16)7-11)1-2-10-5-13(17)8-14(18)6-10/h1-8H/b2-1-. The summed E-state index contributed by atoms with van der Waals surface area (Å²) in [6, 6.07) is 12.4. The first kappa shape index (κ1) is 14.5. The van der Waals surface area contributed by atoms with Crippen LogP contribution in [0.4, 0.5) is 0 Å². The zero-order valence-electron chi connectivity index (χ0n) is 9.13. The molecule has 0 atom stereocenters. The van der Waals surface area contributed by atoms with E-state index in [4.69, 9.17) is 0 Å². The van der Waals surface area contributed by atoms with Crippen LogP contribution in [-0.2, 0) is 0 Å². The molecule has 0 amide bonds. The van der Waals surface area contributed by atoms with Gasteiger partial charge in [-0.2, -0.15) is 0 Å². The summed E-state index contributed by atoms with van der Waals surface area (Å²) in [6.07, 6.45) is 4.17. The van der Waals surface area contributed by atoms with Gasteiger partial charge in [0.25, 0.3) is 0 Å². The molecule has 18 heavy (non-hydrogen) atoms. The molecule has 0 aliphatic rings. The molecule has 4 heteroatoms. The van der Waals surface area contributed by atoms with Gasteiger partial charge in [0.15, 0.2) is 0 Å². The number of hydrogen-bond donors (Lipinski definition) is 0. The minimum atomic E-state index is 1.06. The van der Waals surface area contributed by atoms with Gasteiger partial charge >= 0.3 is 0 Å². The third kappa shape index (κ3) is 4.34. The molecule has 0 bridgehead atoms. The lowest BCUT2D eigenvalue weighted by molar-refractivity contribution is 1.55. The molecule has 0 N–H and O–H groups in total. The van der Waals surface area contributed by atoms with E-state index in [0.29, 0.717) is 0 Å². The van der Waals surface area contributed by atoms with Crippen LogP contribution < -0.4 is 0 Å². The first-order valence-corrected chi connectivity index (χ1v) is 8.30. The van der Waals surface area contributed by atoms with Crippen molar-refractivity contribution in [3.63, 3.8) is 0 Å². The molecule has 2 aromatic carbocycles. The highest BCUT2D eigenvalue weighted by Gasteiger charge is 1.96. The van der Waals surface area contributed by atoms with E-state index >= 15 is 0 Å². The predicted octanol–water partition coefficient (Wildman–Crippen LogP) is 6.91. The van der Waals surface area contributed by atoms with Crippen molar-refractivity contribution in [3.8, 4) is 0 Å². The van der Waals surface area contributed by atoms with E-state index in [1.54, 1.807) is 0 Å². The van der Waals surface area contributed by atoms with Crippen LogP contribution in [-0.4, -0.2) is 0 Å². The topological polar surface area (TPSA) is 0 Å². The van der Waals surface area contributed by atoms with Crippen molar-refractivity contribution in [2.24, 2.45) is 0 Å². The quantitative estimate of drug-likeness (QED) is 0.397.